The number of hydrogen-bond donors (Lipinski definition) is 3. The summed E-state index contributed by atoms with van der Waals surface area (Å²) < 4.78 is 28.4. The molecule has 0 amide bonds. The van der Waals surface area contributed by atoms with E-state index in [0.717, 1.165) is 0 Å². The highest BCUT2D eigenvalue weighted by Crippen LogP contribution is 2.23. The van der Waals surface area contributed by atoms with Gasteiger partial charge in [-0.15, -0.1) is 0 Å². The van der Waals surface area contributed by atoms with Crippen molar-refractivity contribution in [2.45, 2.75) is 76.7 Å². The highest BCUT2D eigenvalue weighted by atomic mass is 28.5. The van der Waals surface area contributed by atoms with Gasteiger partial charge in [0.15, 0.2) is 29.6 Å². The zero-order valence-electron chi connectivity index (χ0n) is 20.1. The third-order valence-electron chi connectivity index (χ3n) is 4.39. The fraction of sp³-hybridized carbons (Fsp3) is 0.895. The van der Waals surface area contributed by atoms with Crippen LogP contribution in [0.15, 0.2) is 0 Å². The first-order valence-corrected chi connectivity index (χ1v) is 19.1. The summed E-state index contributed by atoms with van der Waals surface area (Å²) in [7, 11) is -5.35. The van der Waals surface area contributed by atoms with Gasteiger partial charge in [-0.1, -0.05) is 6.92 Å². The maximum Gasteiger partial charge on any atom is 0.378 e. The molecule has 0 bridgehead atoms. The Balaban J connectivity index is 2.48. The van der Waals surface area contributed by atoms with E-state index in [2.05, 4.69) is 19.6 Å². The molecule has 6 unspecified atom stereocenters. The number of ketones is 1. The zero-order valence-corrected chi connectivity index (χ0v) is 23.1. The monoisotopic (exact) mass is 511 g/mol. The van der Waals surface area contributed by atoms with Crippen LogP contribution >= 0.6 is 0 Å². The summed E-state index contributed by atoms with van der Waals surface area (Å²) in [6.07, 6.45) is -4.62. The van der Waals surface area contributed by atoms with E-state index in [4.69, 9.17) is 27.5 Å². The number of cyclic esters (lactones) is 1. The molecule has 1 aliphatic heterocycles. The van der Waals surface area contributed by atoms with Gasteiger partial charge in [-0.2, -0.15) is 0 Å². The van der Waals surface area contributed by atoms with Crippen molar-refractivity contribution in [2.75, 3.05) is 26.4 Å². The molecule has 1 saturated heterocycles. The number of aliphatic hydroxyl groups is 3. The smallest absolute Gasteiger partial charge is 0.378 e. The molecule has 6 atom stereocenters. The van der Waals surface area contributed by atoms with Crippen molar-refractivity contribution in [2.24, 2.45) is 5.92 Å². The lowest BCUT2D eigenvalue weighted by Gasteiger charge is -2.36. The average molecular weight is 512 g/mol. The topological polar surface area (TPSA) is 141 Å². The molecule has 1 aliphatic rings. The third kappa shape index (κ3) is 10.2. The molecule has 0 aromatic carbocycles. The van der Waals surface area contributed by atoms with Crippen molar-refractivity contribution < 1.29 is 47.3 Å². The van der Waals surface area contributed by atoms with Crippen LogP contribution in [0.1, 0.15) is 6.92 Å². The average Bonchev–Trinajstić information content (AvgIpc) is 2.91. The van der Waals surface area contributed by atoms with Gasteiger partial charge in [-0.3, -0.25) is 4.79 Å². The molecule has 187 valence electrons. The van der Waals surface area contributed by atoms with Crippen LogP contribution in [0.25, 0.3) is 0 Å². The molecule has 13 heteroatoms. The van der Waals surface area contributed by atoms with Crippen LogP contribution in [0.4, 0.5) is 0 Å². The SMILES string of the molecule is CC(COCC(O)C[Si](C)(O[Si](C)C)O[Si](C)(C)C)COC1C(=O)C(=O)OC1C(O)CO. The molecule has 1 rings (SSSR count). The fourth-order valence-electron chi connectivity index (χ4n) is 3.46. The zero-order chi connectivity index (χ0) is 24.7. The van der Waals surface area contributed by atoms with E-state index in [0.29, 0.717) is 6.04 Å². The Morgan fingerprint density at radius 3 is 2.25 bits per heavy atom. The Morgan fingerprint density at radius 2 is 1.72 bits per heavy atom. The summed E-state index contributed by atoms with van der Waals surface area (Å²) in [6, 6.07) is 0.411. The van der Waals surface area contributed by atoms with E-state index in [-0.39, 0.29) is 25.7 Å². The van der Waals surface area contributed by atoms with E-state index in [1.54, 1.807) is 0 Å². The predicted molar refractivity (Wildman–Crippen MR) is 123 cm³/mol. The van der Waals surface area contributed by atoms with Crippen molar-refractivity contribution in [1.82, 2.24) is 0 Å². The van der Waals surface area contributed by atoms with Gasteiger partial charge in [0.05, 0.1) is 32.5 Å². The molecule has 0 aromatic heterocycles. The minimum Gasteiger partial charge on any atom is -0.450 e. The Hall–Kier alpha value is -0.489. The Bertz CT molecular complexity index is 615. The number of hydrogen-bond acceptors (Lipinski definition) is 10. The molecular weight excluding hydrogens is 472 g/mol. The van der Waals surface area contributed by atoms with Crippen LogP contribution in [0.5, 0.6) is 0 Å². The number of carbonyl (C=O) groups excluding carboxylic acids is 2. The first-order chi connectivity index (χ1) is 14.7. The highest BCUT2D eigenvalue weighted by Gasteiger charge is 2.48. The normalized spacial score (nSPS) is 24.3. The number of ether oxygens (including phenoxy) is 3. The van der Waals surface area contributed by atoms with Crippen LogP contribution in [-0.4, -0.2) is 104 Å². The van der Waals surface area contributed by atoms with E-state index in [1.165, 1.54) is 0 Å². The summed E-state index contributed by atoms with van der Waals surface area (Å²) in [5, 5.41) is 29.3. The third-order valence-corrected chi connectivity index (χ3v) is 13.1. The van der Waals surface area contributed by atoms with Gasteiger partial charge in [-0.25, -0.2) is 4.79 Å². The lowest BCUT2D eigenvalue weighted by Crippen LogP contribution is -2.51. The number of rotatable bonds is 15. The van der Waals surface area contributed by atoms with Gasteiger partial charge in [0.2, 0.25) is 0 Å². The summed E-state index contributed by atoms with van der Waals surface area (Å²) >= 11 is 0. The maximum atomic E-state index is 11.9. The summed E-state index contributed by atoms with van der Waals surface area (Å²) in [4.78, 5) is 23.4. The minimum absolute atomic E-state index is 0.0730. The van der Waals surface area contributed by atoms with E-state index < -0.39 is 68.7 Å². The van der Waals surface area contributed by atoms with Crippen molar-refractivity contribution in [3.05, 3.63) is 0 Å². The van der Waals surface area contributed by atoms with E-state index in [9.17, 15) is 19.8 Å². The van der Waals surface area contributed by atoms with Crippen LogP contribution in [0, 0.1) is 5.92 Å². The van der Waals surface area contributed by atoms with Crippen LogP contribution in [-0.2, 0) is 32.0 Å². The van der Waals surface area contributed by atoms with Gasteiger partial charge >= 0.3 is 14.5 Å². The Morgan fingerprint density at radius 1 is 1.09 bits per heavy atom. The second-order valence-corrected chi connectivity index (χ2v) is 19.9. The standard InChI is InChI=1S/C19H39O10Si3/c1-13(10-26-18-16(23)19(24)27-17(18)15(22)8-20)9-25-11-14(21)12-32(7,28-30(2)3)29-31(4,5)6/h13-15,17-18,20-22H,8-12H2,1-7H3. The Kier molecular flexibility index (Phi) is 11.8. The molecule has 0 aliphatic carbocycles. The largest absolute Gasteiger partial charge is 0.450 e. The second-order valence-electron chi connectivity index (χ2n) is 9.60. The van der Waals surface area contributed by atoms with Crippen molar-refractivity contribution in [3.63, 3.8) is 0 Å². The first kappa shape index (κ1) is 29.5. The summed E-state index contributed by atoms with van der Waals surface area (Å²) in [5.41, 5.74) is 0. The molecule has 1 radical (unpaired) electrons. The highest BCUT2D eigenvalue weighted by molar-refractivity contribution is 6.84. The number of aliphatic hydroxyl groups excluding tert-OH is 3. The second kappa shape index (κ2) is 12.8. The number of Topliss-reactive ketones (excluding diaryl/α,β-unsaturated/α-hetero) is 1. The fourth-order valence-corrected chi connectivity index (χ4v) is 14.3. The molecule has 3 N–H and O–H groups in total. The Labute approximate surface area is 194 Å². The lowest BCUT2D eigenvalue weighted by atomic mass is 10.1. The van der Waals surface area contributed by atoms with Gasteiger partial charge < -0.3 is 37.8 Å². The molecule has 32 heavy (non-hydrogen) atoms. The van der Waals surface area contributed by atoms with Gasteiger partial charge in [0.1, 0.15) is 6.10 Å². The maximum absolute atomic E-state index is 11.9. The molecule has 0 spiro atoms. The van der Waals surface area contributed by atoms with E-state index in [1.807, 2.05) is 26.6 Å². The predicted octanol–water partition coefficient (Wildman–Crippen LogP) is 0.424. The molecule has 0 saturated carbocycles. The molecule has 1 heterocycles. The van der Waals surface area contributed by atoms with Crippen LogP contribution in [0.3, 0.4) is 0 Å². The van der Waals surface area contributed by atoms with Crippen molar-refractivity contribution >= 4 is 37.7 Å². The van der Waals surface area contributed by atoms with Crippen molar-refractivity contribution in [1.29, 1.82) is 0 Å². The first-order valence-electron chi connectivity index (χ1n) is 10.8. The lowest BCUT2D eigenvalue weighted by molar-refractivity contribution is -0.152. The van der Waals surface area contributed by atoms with E-state index >= 15 is 0 Å². The summed E-state index contributed by atoms with van der Waals surface area (Å²) in [6.45, 7) is 14.0. The minimum atomic E-state index is -2.53. The quantitative estimate of drug-likeness (QED) is 0.161. The molecule has 0 aromatic rings. The van der Waals surface area contributed by atoms with Crippen LogP contribution < -0.4 is 0 Å². The van der Waals surface area contributed by atoms with Gasteiger partial charge in [0, 0.05) is 12.0 Å². The summed E-state index contributed by atoms with van der Waals surface area (Å²) in [5.74, 6) is -2.12. The van der Waals surface area contributed by atoms with Crippen LogP contribution in [0.2, 0.25) is 45.3 Å². The molecular formula is C19H39O10Si3. The van der Waals surface area contributed by atoms with Crippen molar-refractivity contribution in [3.8, 4) is 0 Å². The molecule has 1 fully saturated rings. The molecule has 10 nitrogen and oxygen atoms in total. The van der Waals surface area contributed by atoms with Gasteiger partial charge in [0.25, 0.3) is 5.78 Å². The number of carbonyl (C=O) groups is 2. The number of esters is 1. The van der Waals surface area contributed by atoms with Gasteiger partial charge in [-0.05, 0) is 39.3 Å².